The van der Waals surface area contributed by atoms with Crippen molar-refractivity contribution in [2.45, 2.75) is 12.8 Å². The van der Waals surface area contributed by atoms with Gasteiger partial charge < -0.3 is 10.6 Å². The molecule has 140 valence electrons. The van der Waals surface area contributed by atoms with E-state index in [4.69, 9.17) is 0 Å². The molecule has 0 saturated carbocycles. The third-order valence-corrected chi connectivity index (χ3v) is 6.02. The molecule has 2 N–H and O–H groups in total. The highest BCUT2D eigenvalue weighted by Crippen LogP contribution is 2.23. The van der Waals surface area contributed by atoms with Crippen molar-refractivity contribution in [2.24, 2.45) is 0 Å². The average Bonchev–Trinajstić information content (AvgIpc) is 3.36. The van der Waals surface area contributed by atoms with Crippen molar-refractivity contribution in [3.05, 3.63) is 75.9 Å². The average molecular weight is 408 g/mol. The maximum Gasteiger partial charge on any atom is 0.265 e. The van der Waals surface area contributed by atoms with Crippen molar-refractivity contribution in [1.82, 2.24) is 4.98 Å². The standard InChI is InChI=1S/C21H17N3O2S2/c25-19(10-11-20-24-16-7-1-2-8-17(16)28-20)22-14-5-3-6-15(13-14)23-21(26)18-9-4-12-27-18/h1-9,12-13H,10-11H2,(H,22,25)(H,23,26). The monoisotopic (exact) mass is 407 g/mol. The largest absolute Gasteiger partial charge is 0.326 e. The number of amides is 2. The minimum atomic E-state index is -0.158. The molecule has 0 radical (unpaired) electrons. The number of aromatic nitrogens is 1. The van der Waals surface area contributed by atoms with E-state index in [1.165, 1.54) is 11.3 Å². The highest BCUT2D eigenvalue weighted by atomic mass is 32.1. The number of rotatable bonds is 6. The number of fused-ring (bicyclic) bond motifs is 1. The molecule has 0 unspecified atom stereocenters. The fourth-order valence-corrected chi connectivity index (χ4v) is 4.33. The van der Waals surface area contributed by atoms with Gasteiger partial charge in [0.1, 0.15) is 0 Å². The molecule has 4 aromatic rings. The predicted octanol–water partition coefficient (Wildman–Crippen LogP) is 5.18. The van der Waals surface area contributed by atoms with Crippen molar-refractivity contribution < 1.29 is 9.59 Å². The van der Waals surface area contributed by atoms with Gasteiger partial charge in [0.05, 0.1) is 20.1 Å². The van der Waals surface area contributed by atoms with E-state index in [1.807, 2.05) is 35.7 Å². The predicted molar refractivity (Wildman–Crippen MR) is 115 cm³/mol. The van der Waals surface area contributed by atoms with Crippen LogP contribution in [0.25, 0.3) is 10.2 Å². The summed E-state index contributed by atoms with van der Waals surface area (Å²) in [5.74, 6) is -0.240. The summed E-state index contributed by atoms with van der Waals surface area (Å²) >= 11 is 3.00. The van der Waals surface area contributed by atoms with Crippen LogP contribution < -0.4 is 10.6 Å². The van der Waals surface area contributed by atoms with E-state index in [2.05, 4.69) is 15.6 Å². The Kier molecular flexibility index (Phi) is 5.45. The summed E-state index contributed by atoms with van der Waals surface area (Å²) < 4.78 is 1.13. The molecule has 0 spiro atoms. The third kappa shape index (κ3) is 4.44. The number of carbonyl (C=O) groups excluding carboxylic acids is 2. The van der Waals surface area contributed by atoms with Crippen LogP contribution in [0.15, 0.2) is 66.0 Å². The van der Waals surface area contributed by atoms with Crippen LogP contribution in [-0.4, -0.2) is 16.8 Å². The summed E-state index contributed by atoms with van der Waals surface area (Å²) in [6.45, 7) is 0. The number of anilines is 2. The van der Waals surface area contributed by atoms with E-state index in [-0.39, 0.29) is 11.8 Å². The number of nitrogens with one attached hydrogen (secondary N) is 2. The molecule has 0 aliphatic heterocycles. The first kappa shape index (κ1) is 18.3. The molecule has 0 bridgehead atoms. The third-order valence-electron chi connectivity index (χ3n) is 4.05. The fourth-order valence-electron chi connectivity index (χ4n) is 2.75. The number of aryl methyl sites for hydroxylation is 1. The van der Waals surface area contributed by atoms with E-state index in [0.717, 1.165) is 15.2 Å². The van der Waals surface area contributed by atoms with Gasteiger partial charge in [0.25, 0.3) is 5.91 Å². The zero-order valence-corrected chi connectivity index (χ0v) is 16.5. The van der Waals surface area contributed by atoms with Crippen molar-refractivity contribution in [3.63, 3.8) is 0 Å². The van der Waals surface area contributed by atoms with Crippen LogP contribution in [0.5, 0.6) is 0 Å². The van der Waals surface area contributed by atoms with Gasteiger partial charge in [-0.15, -0.1) is 22.7 Å². The van der Waals surface area contributed by atoms with Crippen LogP contribution in [0.2, 0.25) is 0 Å². The minimum Gasteiger partial charge on any atom is -0.326 e. The normalized spacial score (nSPS) is 10.7. The Bertz CT molecular complexity index is 1090. The lowest BCUT2D eigenvalue weighted by atomic mass is 10.2. The fraction of sp³-hybridized carbons (Fsp3) is 0.0952. The molecule has 2 heterocycles. The number of nitrogens with zero attached hydrogens (tertiary/aromatic N) is 1. The summed E-state index contributed by atoms with van der Waals surface area (Å²) in [5.41, 5.74) is 2.26. The number of thiophene rings is 1. The van der Waals surface area contributed by atoms with Crippen LogP contribution in [0.1, 0.15) is 21.1 Å². The van der Waals surface area contributed by atoms with E-state index in [9.17, 15) is 9.59 Å². The zero-order chi connectivity index (χ0) is 19.3. The Labute approximate surface area is 170 Å². The highest BCUT2D eigenvalue weighted by molar-refractivity contribution is 7.18. The molecule has 0 saturated heterocycles. The van der Waals surface area contributed by atoms with Crippen molar-refractivity contribution in [1.29, 1.82) is 0 Å². The van der Waals surface area contributed by atoms with Gasteiger partial charge in [0.2, 0.25) is 5.91 Å². The molecule has 0 atom stereocenters. The molecule has 7 heteroatoms. The number of benzene rings is 2. The van der Waals surface area contributed by atoms with Gasteiger partial charge in [0.15, 0.2) is 0 Å². The highest BCUT2D eigenvalue weighted by Gasteiger charge is 2.09. The minimum absolute atomic E-state index is 0.0824. The van der Waals surface area contributed by atoms with Crippen LogP contribution in [0, 0.1) is 0 Å². The molecule has 0 aliphatic rings. The SMILES string of the molecule is O=C(CCc1nc2ccccc2s1)Nc1cccc(NC(=O)c2cccs2)c1. The number of carbonyl (C=O) groups is 2. The van der Waals surface area contributed by atoms with Gasteiger partial charge in [-0.25, -0.2) is 4.98 Å². The first-order chi connectivity index (χ1) is 13.7. The molecule has 0 fully saturated rings. The molecule has 2 aromatic heterocycles. The second kappa shape index (κ2) is 8.33. The maximum atomic E-state index is 12.3. The molecule has 4 rings (SSSR count). The van der Waals surface area contributed by atoms with E-state index in [1.54, 1.807) is 41.7 Å². The van der Waals surface area contributed by atoms with Crippen LogP contribution in [0.3, 0.4) is 0 Å². The molecule has 5 nitrogen and oxygen atoms in total. The quantitative estimate of drug-likeness (QED) is 0.462. The first-order valence-electron chi connectivity index (χ1n) is 8.76. The maximum absolute atomic E-state index is 12.3. The summed E-state index contributed by atoms with van der Waals surface area (Å²) in [4.78, 5) is 29.6. The summed E-state index contributed by atoms with van der Waals surface area (Å²) in [6, 6.07) is 18.7. The number of thiazole rings is 1. The number of hydrogen-bond acceptors (Lipinski definition) is 5. The number of para-hydroxylation sites is 1. The van der Waals surface area contributed by atoms with Crippen molar-refractivity contribution in [2.75, 3.05) is 10.6 Å². The van der Waals surface area contributed by atoms with Gasteiger partial charge in [0, 0.05) is 24.2 Å². The second-order valence-electron chi connectivity index (χ2n) is 6.14. The first-order valence-corrected chi connectivity index (χ1v) is 10.5. The van der Waals surface area contributed by atoms with E-state index >= 15 is 0 Å². The van der Waals surface area contributed by atoms with Crippen LogP contribution in [-0.2, 0) is 11.2 Å². The van der Waals surface area contributed by atoms with Crippen molar-refractivity contribution in [3.8, 4) is 0 Å². The molecule has 2 amide bonds. The Balaban J connectivity index is 1.34. The lowest BCUT2D eigenvalue weighted by molar-refractivity contribution is -0.116. The zero-order valence-electron chi connectivity index (χ0n) is 14.8. The second-order valence-corrected chi connectivity index (χ2v) is 8.20. The van der Waals surface area contributed by atoms with Crippen LogP contribution in [0.4, 0.5) is 11.4 Å². The Morgan fingerprint density at radius 2 is 1.75 bits per heavy atom. The summed E-state index contributed by atoms with van der Waals surface area (Å²) in [6.07, 6.45) is 0.950. The lowest BCUT2D eigenvalue weighted by Crippen LogP contribution is -2.13. The van der Waals surface area contributed by atoms with E-state index in [0.29, 0.717) is 29.1 Å². The number of hydrogen-bond donors (Lipinski definition) is 2. The Morgan fingerprint density at radius 3 is 2.54 bits per heavy atom. The summed E-state index contributed by atoms with van der Waals surface area (Å²) in [7, 11) is 0. The lowest BCUT2D eigenvalue weighted by Gasteiger charge is -2.08. The van der Waals surface area contributed by atoms with Crippen LogP contribution >= 0.6 is 22.7 Å². The van der Waals surface area contributed by atoms with Gasteiger partial charge in [-0.1, -0.05) is 24.3 Å². The topological polar surface area (TPSA) is 71.1 Å². The van der Waals surface area contributed by atoms with Gasteiger partial charge in [-0.3, -0.25) is 9.59 Å². The summed E-state index contributed by atoms with van der Waals surface area (Å²) in [5, 5.41) is 8.54. The molecule has 2 aromatic carbocycles. The van der Waals surface area contributed by atoms with Gasteiger partial charge in [-0.05, 0) is 41.8 Å². The van der Waals surface area contributed by atoms with E-state index < -0.39 is 0 Å². The molecule has 28 heavy (non-hydrogen) atoms. The van der Waals surface area contributed by atoms with Gasteiger partial charge >= 0.3 is 0 Å². The molecular weight excluding hydrogens is 390 g/mol. The Morgan fingerprint density at radius 1 is 0.929 bits per heavy atom. The smallest absolute Gasteiger partial charge is 0.265 e. The molecule has 0 aliphatic carbocycles. The van der Waals surface area contributed by atoms with Gasteiger partial charge in [-0.2, -0.15) is 0 Å². The van der Waals surface area contributed by atoms with Crippen molar-refractivity contribution >= 4 is 56.1 Å². The Hall–Kier alpha value is -3.03. The molecular formula is C21H17N3O2S2.